The fourth-order valence-corrected chi connectivity index (χ4v) is 3.23. The van der Waals surface area contributed by atoms with Crippen LogP contribution in [0.1, 0.15) is 19.4 Å². The summed E-state index contributed by atoms with van der Waals surface area (Å²) >= 11 is 0. The number of likely N-dealkylation sites (N-methyl/N-ethyl adjacent to an activating group) is 1. The lowest BCUT2D eigenvalue weighted by molar-refractivity contribution is -0.0180. The largest absolute Gasteiger partial charge is 0.387 e. The van der Waals surface area contributed by atoms with Crippen molar-refractivity contribution in [1.29, 1.82) is 0 Å². The van der Waals surface area contributed by atoms with Crippen LogP contribution in [-0.2, 0) is 11.3 Å². The van der Waals surface area contributed by atoms with E-state index in [1.807, 2.05) is 20.9 Å². The van der Waals surface area contributed by atoms with Gasteiger partial charge in [0.25, 0.3) is 0 Å². The van der Waals surface area contributed by atoms with Crippen molar-refractivity contribution in [2.45, 2.75) is 26.0 Å². The lowest BCUT2D eigenvalue weighted by atomic mass is 10.1. The quantitative estimate of drug-likeness (QED) is 0.239. The number of aliphatic hydroxyl groups is 1. The standard InChI is InChI=1S/C21H36FN5O2.HI/c1-4-23-20(25-16-21(2,28)17-27-11-13-29-14-12-27)24-9-10-26(3)15-18-5-7-19(22)8-6-18;/h5-8,28H,4,9-17H2,1-3H3,(H2,23,24,25);1H. The van der Waals surface area contributed by atoms with Gasteiger partial charge in [-0.25, -0.2) is 4.39 Å². The molecule has 1 aliphatic rings. The highest BCUT2D eigenvalue weighted by atomic mass is 127. The molecule has 1 aliphatic heterocycles. The smallest absolute Gasteiger partial charge is 0.191 e. The summed E-state index contributed by atoms with van der Waals surface area (Å²) in [5.74, 6) is 0.485. The number of hydrogen-bond acceptors (Lipinski definition) is 5. The second kappa shape index (κ2) is 14.1. The van der Waals surface area contributed by atoms with Gasteiger partial charge < -0.3 is 25.4 Å². The molecule has 1 saturated heterocycles. The Kier molecular flexibility index (Phi) is 12.7. The van der Waals surface area contributed by atoms with Crippen LogP contribution in [0, 0.1) is 5.82 Å². The number of ether oxygens (including phenoxy) is 1. The first kappa shape index (κ1) is 27.0. The Labute approximate surface area is 197 Å². The zero-order valence-electron chi connectivity index (χ0n) is 18.4. The van der Waals surface area contributed by atoms with E-state index in [-0.39, 0.29) is 29.8 Å². The zero-order valence-corrected chi connectivity index (χ0v) is 20.7. The van der Waals surface area contributed by atoms with E-state index in [1.54, 1.807) is 12.1 Å². The first-order valence-corrected chi connectivity index (χ1v) is 10.4. The van der Waals surface area contributed by atoms with Crippen LogP contribution >= 0.6 is 24.0 Å². The third-order valence-electron chi connectivity index (χ3n) is 4.74. The molecule has 0 aromatic heterocycles. The summed E-state index contributed by atoms with van der Waals surface area (Å²) in [5.41, 5.74) is 0.188. The van der Waals surface area contributed by atoms with Gasteiger partial charge in [-0.15, -0.1) is 24.0 Å². The molecular formula is C21H37FIN5O2. The van der Waals surface area contributed by atoms with Crippen molar-refractivity contribution in [3.63, 3.8) is 0 Å². The van der Waals surface area contributed by atoms with Crippen molar-refractivity contribution in [1.82, 2.24) is 20.4 Å². The number of halogens is 2. The Balaban J connectivity index is 0.00000450. The van der Waals surface area contributed by atoms with Crippen LogP contribution in [-0.4, -0.2) is 92.5 Å². The number of β-amino-alcohol motifs (C(OH)–C–C–N with tert-alkyl or cyclic N) is 1. The summed E-state index contributed by atoms with van der Waals surface area (Å²) in [7, 11) is 2.03. The van der Waals surface area contributed by atoms with E-state index in [2.05, 4.69) is 25.4 Å². The van der Waals surface area contributed by atoms with Gasteiger partial charge in [0, 0.05) is 45.8 Å². The third-order valence-corrected chi connectivity index (χ3v) is 4.74. The molecule has 0 amide bonds. The lowest BCUT2D eigenvalue weighted by Gasteiger charge is -2.33. The molecular weight excluding hydrogens is 500 g/mol. The Morgan fingerprint density at radius 3 is 2.57 bits per heavy atom. The van der Waals surface area contributed by atoms with Gasteiger partial charge in [0.05, 0.1) is 25.4 Å². The number of benzene rings is 1. The van der Waals surface area contributed by atoms with E-state index < -0.39 is 5.60 Å². The molecule has 0 spiro atoms. The van der Waals surface area contributed by atoms with Crippen molar-refractivity contribution in [3.05, 3.63) is 35.6 Å². The van der Waals surface area contributed by atoms with Gasteiger partial charge in [-0.3, -0.25) is 9.89 Å². The predicted molar refractivity (Wildman–Crippen MR) is 130 cm³/mol. The summed E-state index contributed by atoms with van der Waals surface area (Å²) in [5, 5.41) is 17.2. The number of hydrogen-bond donors (Lipinski definition) is 3. The van der Waals surface area contributed by atoms with Crippen molar-refractivity contribution in [3.8, 4) is 0 Å². The van der Waals surface area contributed by atoms with Crippen LogP contribution in [0.3, 0.4) is 0 Å². The number of nitrogens with one attached hydrogen (secondary N) is 2. The normalized spacial score (nSPS) is 17.3. The van der Waals surface area contributed by atoms with Crippen molar-refractivity contribution < 1.29 is 14.2 Å². The minimum atomic E-state index is -0.890. The third kappa shape index (κ3) is 10.9. The second-order valence-electron chi connectivity index (χ2n) is 7.87. The highest BCUT2D eigenvalue weighted by Gasteiger charge is 2.25. The minimum Gasteiger partial charge on any atom is -0.387 e. The summed E-state index contributed by atoms with van der Waals surface area (Å²) < 4.78 is 18.4. The number of morpholine rings is 1. The van der Waals surface area contributed by atoms with Crippen LogP contribution in [0.5, 0.6) is 0 Å². The van der Waals surface area contributed by atoms with Gasteiger partial charge >= 0.3 is 0 Å². The molecule has 1 heterocycles. The number of guanidine groups is 1. The van der Waals surface area contributed by atoms with Crippen LogP contribution < -0.4 is 10.6 Å². The molecule has 1 aromatic carbocycles. The van der Waals surface area contributed by atoms with E-state index in [0.29, 0.717) is 19.0 Å². The van der Waals surface area contributed by atoms with E-state index >= 15 is 0 Å². The highest BCUT2D eigenvalue weighted by molar-refractivity contribution is 14.0. The molecule has 9 heteroatoms. The molecule has 0 saturated carbocycles. The summed E-state index contributed by atoms with van der Waals surface area (Å²) in [4.78, 5) is 8.94. The molecule has 1 atom stereocenters. The molecule has 1 fully saturated rings. The molecule has 7 nitrogen and oxygen atoms in total. The maximum atomic E-state index is 13.0. The number of rotatable bonds is 10. The Bertz CT molecular complexity index is 624. The molecule has 30 heavy (non-hydrogen) atoms. The van der Waals surface area contributed by atoms with Crippen LogP contribution in [0.2, 0.25) is 0 Å². The van der Waals surface area contributed by atoms with E-state index in [4.69, 9.17) is 4.74 Å². The van der Waals surface area contributed by atoms with E-state index in [0.717, 1.165) is 58.0 Å². The topological polar surface area (TPSA) is 72.4 Å². The fourth-order valence-electron chi connectivity index (χ4n) is 3.23. The second-order valence-corrected chi connectivity index (χ2v) is 7.87. The van der Waals surface area contributed by atoms with Crippen molar-refractivity contribution >= 4 is 29.9 Å². The van der Waals surface area contributed by atoms with Crippen LogP contribution in [0.4, 0.5) is 4.39 Å². The Morgan fingerprint density at radius 2 is 1.93 bits per heavy atom. The molecule has 0 aliphatic carbocycles. The first-order chi connectivity index (χ1) is 13.9. The van der Waals surface area contributed by atoms with Gasteiger partial charge in [0.15, 0.2) is 5.96 Å². The minimum absolute atomic E-state index is 0. The van der Waals surface area contributed by atoms with Crippen LogP contribution in [0.15, 0.2) is 29.3 Å². The average Bonchev–Trinajstić information content (AvgIpc) is 2.68. The van der Waals surface area contributed by atoms with Crippen LogP contribution in [0.25, 0.3) is 0 Å². The molecule has 1 aromatic rings. The van der Waals surface area contributed by atoms with Gasteiger partial charge in [0.2, 0.25) is 0 Å². The molecule has 3 N–H and O–H groups in total. The molecule has 1 unspecified atom stereocenters. The predicted octanol–water partition coefficient (Wildman–Crippen LogP) is 1.51. The summed E-state index contributed by atoms with van der Waals surface area (Å²) in [6.07, 6.45) is 0. The molecule has 0 radical (unpaired) electrons. The first-order valence-electron chi connectivity index (χ1n) is 10.4. The van der Waals surface area contributed by atoms with E-state index in [1.165, 1.54) is 12.1 Å². The van der Waals surface area contributed by atoms with Crippen molar-refractivity contribution in [2.75, 3.05) is 66.1 Å². The SMILES string of the molecule is CCNC(=NCC(C)(O)CN1CCOCC1)NCCN(C)Cc1ccc(F)cc1.I. The Morgan fingerprint density at radius 1 is 1.27 bits per heavy atom. The monoisotopic (exact) mass is 537 g/mol. The highest BCUT2D eigenvalue weighted by Crippen LogP contribution is 2.09. The van der Waals surface area contributed by atoms with Gasteiger partial charge in [-0.2, -0.15) is 0 Å². The van der Waals surface area contributed by atoms with Gasteiger partial charge in [-0.05, 0) is 38.6 Å². The van der Waals surface area contributed by atoms with Gasteiger partial charge in [-0.1, -0.05) is 12.1 Å². The average molecular weight is 537 g/mol. The fraction of sp³-hybridized carbons (Fsp3) is 0.667. The summed E-state index contributed by atoms with van der Waals surface area (Å²) in [6, 6.07) is 6.59. The van der Waals surface area contributed by atoms with Gasteiger partial charge in [0.1, 0.15) is 5.82 Å². The zero-order chi connectivity index (χ0) is 21.1. The molecule has 172 valence electrons. The number of aliphatic imine (C=N–C) groups is 1. The molecule has 0 bridgehead atoms. The maximum absolute atomic E-state index is 13.0. The van der Waals surface area contributed by atoms with E-state index in [9.17, 15) is 9.50 Å². The maximum Gasteiger partial charge on any atom is 0.191 e. The summed E-state index contributed by atoms with van der Waals surface area (Å²) in [6.45, 7) is 10.9. The Hall–Kier alpha value is -1.01. The molecule has 2 rings (SSSR count). The lowest BCUT2D eigenvalue weighted by Crippen LogP contribution is -2.48. The van der Waals surface area contributed by atoms with Crippen molar-refractivity contribution in [2.24, 2.45) is 4.99 Å². The number of nitrogens with zero attached hydrogens (tertiary/aromatic N) is 3.